The van der Waals surface area contributed by atoms with Crippen molar-refractivity contribution in [2.75, 3.05) is 31.4 Å². The van der Waals surface area contributed by atoms with Crippen LogP contribution in [0.25, 0.3) is 0 Å². The third-order valence-electron chi connectivity index (χ3n) is 3.57. The summed E-state index contributed by atoms with van der Waals surface area (Å²) in [5.74, 6) is 0.538. The van der Waals surface area contributed by atoms with Crippen LogP contribution < -0.4 is 10.0 Å². The summed E-state index contributed by atoms with van der Waals surface area (Å²) < 4.78 is 29.6. The Morgan fingerprint density at radius 1 is 1.38 bits per heavy atom. The average Bonchev–Trinajstić information content (AvgIpc) is 2.44. The predicted molar refractivity (Wildman–Crippen MR) is 89.9 cm³/mol. The molecule has 0 aromatic heterocycles. The number of anilines is 1. The molecule has 1 fully saturated rings. The highest BCUT2D eigenvalue weighted by Crippen LogP contribution is 2.28. The van der Waals surface area contributed by atoms with Crippen molar-refractivity contribution in [1.29, 1.82) is 0 Å². The minimum Gasteiger partial charge on any atom is -0.319 e. The zero-order valence-electron chi connectivity index (χ0n) is 11.8. The van der Waals surface area contributed by atoms with Crippen LogP contribution in [0.4, 0.5) is 5.69 Å². The van der Waals surface area contributed by atoms with Crippen molar-refractivity contribution in [3.63, 3.8) is 0 Å². The van der Waals surface area contributed by atoms with Crippen molar-refractivity contribution in [1.82, 2.24) is 9.62 Å². The van der Waals surface area contributed by atoms with Gasteiger partial charge in [0.1, 0.15) is 0 Å². The highest BCUT2D eigenvalue weighted by atomic mass is 79.9. The van der Waals surface area contributed by atoms with Crippen LogP contribution in [0.2, 0.25) is 5.02 Å². The molecule has 1 heterocycles. The Morgan fingerprint density at radius 2 is 2.05 bits per heavy atom. The van der Waals surface area contributed by atoms with E-state index in [1.807, 2.05) is 7.05 Å². The van der Waals surface area contributed by atoms with Gasteiger partial charge in [0.15, 0.2) is 0 Å². The molecule has 2 N–H and O–H groups in total. The van der Waals surface area contributed by atoms with Crippen molar-refractivity contribution in [2.45, 2.75) is 12.8 Å². The van der Waals surface area contributed by atoms with Gasteiger partial charge in [0.05, 0.1) is 10.7 Å². The molecule has 0 saturated carbocycles. The largest absolute Gasteiger partial charge is 0.319 e. The van der Waals surface area contributed by atoms with Gasteiger partial charge >= 0.3 is 10.2 Å². The lowest BCUT2D eigenvalue weighted by atomic mass is 9.98. The molecule has 0 radical (unpaired) electrons. The second kappa shape index (κ2) is 7.28. The third-order valence-corrected chi connectivity index (χ3v) is 5.92. The van der Waals surface area contributed by atoms with Gasteiger partial charge in [0.25, 0.3) is 0 Å². The minimum atomic E-state index is -3.56. The van der Waals surface area contributed by atoms with Crippen LogP contribution in [-0.2, 0) is 10.2 Å². The van der Waals surface area contributed by atoms with Gasteiger partial charge in [0, 0.05) is 17.6 Å². The maximum absolute atomic E-state index is 12.4. The Labute approximate surface area is 139 Å². The van der Waals surface area contributed by atoms with Crippen LogP contribution >= 0.6 is 27.5 Å². The Balaban J connectivity index is 2.04. The van der Waals surface area contributed by atoms with E-state index in [1.54, 1.807) is 18.2 Å². The topological polar surface area (TPSA) is 61.4 Å². The predicted octanol–water partition coefficient (Wildman–Crippen LogP) is 2.69. The monoisotopic (exact) mass is 395 g/mol. The molecule has 1 saturated heterocycles. The van der Waals surface area contributed by atoms with Gasteiger partial charge in [-0.1, -0.05) is 27.5 Å². The van der Waals surface area contributed by atoms with Crippen molar-refractivity contribution < 1.29 is 8.42 Å². The van der Waals surface area contributed by atoms with Crippen LogP contribution in [0.5, 0.6) is 0 Å². The lowest BCUT2D eigenvalue weighted by molar-refractivity contribution is 0.272. The molecule has 0 spiro atoms. The average molecular weight is 397 g/mol. The molecule has 1 aromatic rings. The van der Waals surface area contributed by atoms with Gasteiger partial charge in [-0.3, -0.25) is 4.72 Å². The summed E-state index contributed by atoms with van der Waals surface area (Å²) in [5, 5.41) is 3.52. The Kier molecular flexibility index (Phi) is 5.90. The number of hydrogen-bond acceptors (Lipinski definition) is 3. The molecule has 8 heteroatoms. The summed E-state index contributed by atoms with van der Waals surface area (Å²) in [6.45, 7) is 2.00. The number of benzene rings is 1. The molecule has 0 bridgehead atoms. The molecule has 0 atom stereocenters. The van der Waals surface area contributed by atoms with Gasteiger partial charge in [-0.15, -0.1) is 0 Å². The first-order valence-corrected chi connectivity index (χ1v) is 9.41. The zero-order valence-corrected chi connectivity index (χ0v) is 14.9. The quantitative estimate of drug-likeness (QED) is 0.804. The molecule has 118 valence electrons. The van der Waals surface area contributed by atoms with Crippen molar-refractivity contribution >= 4 is 43.4 Å². The van der Waals surface area contributed by atoms with Crippen molar-refractivity contribution in [3.05, 3.63) is 27.7 Å². The third kappa shape index (κ3) is 4.56. The lowest BCUT2D eigenvalue weighted by Gasteiger charge is -2.31. The van der Waals surface area contributed by atoms with Gasteiger partial charge in [-0.25, -0.2) is 0 Å². The first-order valence-electron chi connectivity index (χ1n) is 6.80. The molecule has 1 aromatic carbocycles. The van der Waals surface area contributed by atoms with E-state index in [9.17, 15) is 8.42 Å². The number of halogens is 2. The van der Waals surface area contributed by atoms with E-state index in [0.717, 1.165) is 23.9 Å². The Morgan fingerprint density at radius 3 is 2.67 bits per heavy atom. The van der Waals surface area contributed by atoms with E-state index >= 15 is 0 Å². The van der Waals surface area contributed by atoms with E-state index < -0.39 is 10.2 Å². The molecule has 0 amide bonds. The molecule has 1 aliphatic rings. The summed E-state index contributed by atoms with van der Waals surface area (Å²) in [6.07, 6.45) is 1.74. The van der Waals surface area contributed by atoms with E-state index in [-0.39, 0.29) is 0 Å². The van der Waals surface area contributed by atoms with Gasteiger partial charge < -0.3 is 5.32 Å². The van der Waals surface area contributed by atoms with E-state index in [2.05, 4.69) is 26.0 Å². The van der Waals surface area contributed by atoms with Crippen molar-refractivity contribution in [2.24, 2.45) is 5.92 Å². The SMILES string of the molecule is CNCC1CCN(S(=O)(=O)Nc2cc(Br)ccc2Cl)CC1. The molecular weight excluding hydrogens is 378 g/mol. The summed E-state index contributed by atoms with van der Waals surface area (Å²) in [7, 11) is -1.64. The Bertz CT molecular complexity index is 589. The summed E-state index contributed by atoms with van der Waals surface area (Å²) in [4.78, 5) is 0. The molecule has 21 heavy (non-hydrogen) atoms. The minimum absolute atomic E-state index is 0.381. The molecule has 0 aliphatic carbocycles. The standard InChI is InChI=1S/C13H19BrClN3O2S/c1-16-9-10-4-6-18(7-5-10)21(19,20)17-13-8-11(14)2-3-12(13)15/h2-3,8,10,16-17H,4-7,9H2,1H3. The van der Waals surface area contributed by atoms with Gasteiger partial charge in [-0.05, 0) is 50.6 Å². The molecule has 2 rings (SSSR count). The van der Waals surface area contributed by atoms with Gasteiger partial charge in [0.2, 0.25) is 0 Å². The highest BCUT2D eigenvalue weighted by molar-refractivity contribution is 9.10. The maximum atomic E-state index is 12.4. The van der Waals surface area contributed by atoms with Gasteiger partial charge in [-0.2, -0.15) is 12.7 Å². The summed E-state index contributed by atoms with van der Waals surface area (Å²) in [5.41, 5.74) is 0.392. The number of nitrogens with one attached hydrogen (secondary N) is 2. The fourth-order valence-electron chi connectivity index (χ4n) is 2.42. The first kappa shape index (κ1) is 17.0. The second-order valence-corrected chi connectivity index (χ2v) is 8.12. The lowest BCUT2D eigenvalue weighted by Crippen LogP contribution is -2.43. The zero-order chi connectivity index (χ0) is 15.5. The van der Waals surface area contributed by atoms with Crippen molar-refractivity contribution in [3.8, 4) is 0 Å². The number of hydrogen-bond donors (Lipinski definition) is 2. The number of piperidine rings is 1. The van der Waals surface area contributed by atoms with E-state index in [0.29, 0.717) is 29.7 Å². The van der Waals surface area contributed by atoms with Crippen LogP contribution in [0.15, 0.2) is 22.7 Å². The first-order chi connectivity index (χ1) is 9.92. The molecule has 1 aliphatic heterocycles. The van der Waals surface area contributed by atoms with E-state index in [4.69, 9.17) is 11.6 Å². The van der Waals surface area contributed by atoms with Crippen LogP contribution in [0, 0.1) is 5.92 Å². The maximum Gasteiger partial charge on any atom is 0.301 e. The highest BCUT2D eigenvalue weighted by Gasteiger charge is 2.28. The summed E-state index contributed by atoms with van der Waals surface area (Å²) in [6, 6.07) is 5.08. The smallest absolute Gasteiger partial charge is 0.301 e. The van der Waals surface area contributed by atoms with Crippen LogP contribution in [0.1, 0.15) is 12.8 Å². The number of nitrogens with zero attached hydrogens (tertiary/aromatic N) is 1. The van der Waals surface area contributed by atoms with E-state index in [1.165, 1.54) is 4.31 Å². The van der Waals surface area contributed by atoms with Crippen LogP contribution in [-0.4, -0.2) is 39.4 Å². The fraction of sp³-hybridized carbons (Fsp3) is 0.538. The van der Waals surface area contributed by atoms with Crippen LogP contribution in [0.3, 0.4) is 0 Å². The molecule has 5 nitrogen and oxygen atoms in total. The fourth-order valence-corrected chi connectivity index (χ4v) is 4.27. The molecular formula is C13H19BrClN3O2S. The second-order valence-electron chi connectivity index (χ2n) is 5.13. The normalized spacial score (nSPS) is 17.9. The Hall–Kier alpha value is -0.340. The summed E-state index contributed by atoms with van der Waals surface area (Å²) >= 11 is 9.34. The number of rotatable bonds is 5. The molecule has 0 unspecified atom stereocenters.